The normalized spacial score (nSPS) is 22.2. The van der Waals surface area contributed by atoms with Gasteiger partial charge in [-0.1, -0.05) is 18.2 Å². The number of halogens is 1. The first-order valence-electron chi connectivity index (χ1n) is 12.2. The summed E-state index contributed by atoms with van der Waals surface area (Å²) in [4.78, 5) is 24.7. The summed E-state index contributed by atoms with van der Waals surface area (Å²) in [5.74, 6) is -0.746. The molecule has 3 heterocycles. The molecule has 1 aliphatic heterocycles. The van der Waals surface area contributed by atoms with Crippen LogP contribution in [0.2, 0.25) is 0 Å². The van der Waals surface area contributed by atoms with Crippen molar-refractivity contribution in [1.82, 2.24) is 24.6 Å². The summed E-state index contributed by atoms with van der Waals surface area (Å²) in [6.45, 7) is 1.54. The highest BCUT2D eigenvalue weighted by atomic mass is 31.2. The molecule has 2 aromatic heterocycles. The fourth-order valence-electron chi connectivity index (χ4n) is 4.30. The molecule has 202 valence electrons. The molecule has 1 aliphatic carbocycles. The number of fused-ring (bicyclic) bond motifs is 1. The monoisotopic (exact) mass is 546 g/mol. The second kappa shape index (κ2) is 11.2. The van der Waals surface area contributed by atoms with E-state index < -0.39 is 44.2 Å². The Labute approximate surface area is 217 Å². The van der Waals surface area contributed by atoms with Crippen molar-refractivity contribution in [3.8, 4) is 5.75 Å². The van der Waals surface area contributed by atoms with Crippen LogP contribution in [0, 0.1) is 0 Å². The zero-order valence-electron chi connectivity index (χ0n) is 20.6. The van der Waals surface area contributed by atoms with Crippen LogP contribution in [0.3, 0.4) is 0 Å². The van der Waals surface area contributed by atoms with Gasteiger partial charge in [-0.25, -0.2) is 24.4 Å². The van der Waals surface area contributed by atoms with Crippen molar-refractivity contribution in [2.45, 2.75) is 57.3 Å². The number of imidazole rings is 1. The number of aromatic nitrogens is 4. The van der Waals surface area contributed by atoms with Crippen LogP contribution in [-0.4, -0.2) is 50.3 Å². The number of esters is 1. The zero-order chi connectivity index (χ0) is 26.7. The van der Waals surface area contributed by atoms with Crippen LogP contribution in [-0.2, 0) is 23.6 Å². The second-order valence-corrected chi connectivity index (χ2v) is 11.1. The number of nitrogens with two attached hydrogens (primary N) is 1. The van der Waals surface area contributed by atoms with Crippen LogP contribution in [0.15, 0.2) is 54.9 Å². The first-order chi connectivity index (χ1) is 18.3. The Hall–Kier alpha value is -3.38. The minimum absolute atomic E-state index is 0.144. The predicted octanol–water partition coefficient (Wildman–Crippen LogP) is 3.83. The number of hydrogen-bond donors (Lipinski definition) is 2. The molecular formula is C24H28FN6O6P. The van der Waals surface area contributed by atoms with Crippen molar-refractivity contribution in [3.63, 3.8) is 0 Å². The van der Waals surface area contributed by atoms with Gasteiger partial charge in [-0.3, -0.25) is 13.9 Å². The molecule has 38 heavy (non-hydrogen) atoms. The number of para-hydroxylation sites is 1. The maximum absolute atomic E-state index is 14.9. The van der Waals surface area contributed by atoms with Crippen molar-refractivity contribution < 1.29 is 32.5 Å². The third-order valence-electron chi connectivity index (χ3n) is 6.17. The number of nitrogens with one attached hydrogen (secondary N) is 1. The second-order valence-electron chi connectivity index (χ2n) is 9.06. The first-order valence-corrected chi connectivity index (χ1v) is 14.0. The summed E-state index contributed by atoms with van der Waals surface area (Å²) >= 11 is 0. The lowest BCUT2D eigenvalue weighted by molar-refractivity contribution is -0.150. The fourth-order valence-corrected chi connectivity index (χ4v) is 5.99. The molecule has 0 saturated heterocycles. The van der Waals surface area contributed by atoms with Gasteiger partial charge in [-0.2, -0.15) is 0 Å². The van der Waals surface area contributed by atoms with Gasteiger partial charge in [0.25, 0.3) is 0 Å². The van der Waals surface area contributed by atoms with Gasteiger partial charge >= 0.3 is 13.5 Å². The molecule has 5 rings (SSSR count). The molecule has 0 radical (unpaired) electrons. The standard InChI is InChI=1S/C24H28FN6O6P/c1-15(24(32)35-16-7-5-6-8-16)30-38(33,37-17-9-3-2-4-10-17)14-34-19-11-18(25)23(36-19)31-13-29-20-21(26)27-12-28-22(20)31/h2-4,9-13,15-16,19,23H,5-8,14H2,1H3,(H,30,33)(H2,26,27,28)/t15-,19-,23+,38?/m0/s1. The average Bonchev–Trinajstić information content (AvgIpc) is 3.64. The highest BCUT2D eigenvalue weighted by Crippen LogP contribution is 2.45. The number of benzene rings is 1. The number of hydrogen-bond acceptors (Lipinski definition) is 10. The quantitative estimate of drug-likeness (QED) is 0.282. The summed E-state index contributed by atoms with van der Waals surface area (Å²) in [5, 5.41) is 2.74. The highest BCUT2D eigenvalue weighted by molar-refractivity contribution is 7.57. The van der Waals surface area contributed by atoms with Crippen LogP contribution in [0.25, 0.3) is 11.2 Å². The first kappa shape index (κ1) is 26.2. The lowest BCUT2D eigenvalue weighted by Gasteiger charge is -2.25. The SMILES string of the molecule is C[C@H](NP(=O)(CO[C@@H]1C=C(F)[C@H](n2cnc3c(N)ncnc32)O1)Oc1ccccc1)C(=O)OC1CCCC1. The van der Waals surface area contributed by atoms with E-state index in [4.69, 9.17) is 24.5 Å². The topological polar surface area (TPSA) is 153 Å². The number of rotatable bonds is 10. The fraction of sp³-hybridized carbons (Fsp3) is 0.417. The molecule has 14 heteroatoms. The van der Waals surface area contributed by atoms with E-state index in [0.717, 1.165) is 31.8 Å². The van der Waals surface area contributed by atoms with E-state index in [9.17, 15) is 13.8 Å². The molecule has 3 aromatic rings. The number of carbonyl (C=O) groups is 1. The van der Waals surface area contributed by atoms with E-state index in [-0.39, 0.29) is 17.6 Å². The van der Waals surface area contributed by atoms with Gasteiger partial charge in [0.15, 0.2) is 36.2 Å². The summed E-state index contributed by atoms with van der Waals surface area (Å²) in [6.07, 6.45) is 4.21. The Balaban J connectivity index is 1.27. The minimum atomic E-state index is -3.85. The molecule has 0 spiro atoms. The van der Waals surface area contributed by atoms with Gasteiger partial charge < -0.3 is 24.5 Å². The minimum Gasteiger partial charge on any atom is -0.461 e. The van der Waals surface area contributed by atoms with E-state index in [1.54, 1.807) is 30.3 Å². The van der Waals surface area contributed by atoms with Crippen molar-refractivity contribution in [2.24, 2.45) is 0 Å². The molecule has 12 nitrogen and oxygen atoms in total. The van der Waals surface area contributed by atoms with Gasteiger partial charge in [0, 0.05) is 6.08 Å². The summed E-state index contributed by atoms with van der Waals surface area (Å²) < 4.78 is 52.6. The van der Waals surface area contributed by atoms with Crippen LogP contribution >= 0.6 is 7.52 Å². The predicted molar refractivity (Wildman–Crippen MR) is 134 cm³/mol. The Bertz CT molecular complexity index is 1360. The van der Waals surface area contributed by atoms with E-state index in [2.05, 4.69) is 20.0 Å². The smallest absolute Gasteiger partial charge is 0.342 e. The summed E-state index contributed by atoms with van der Waals surface area (Å²) in [7, 11) is -3.85. The highest BCUT2D eigenvalue weighted by Gasteiger charge is 2.36. The Morgan fingerprint density at radius 1 is 1.26 bits per heavy atom. The Kier molecular flexibility index (Phi) is 7.70. The lowest BCUT2D eigenvalue weighted by atomic mass is 10.3. The maximum Gasteiger partial charge on any atom is 0.342 e. The zero-order valence-corrected chi connectivity index (χ0v) is 21.5. The molecule has 4 atom stereocenters. The van der Waals surface area contributed by atoms with E-state index >= 15 is 0 Å². The number of nitrogens with zero attached hydrogens (tertiary/aromatic N) is 4. The van der Waals surface area contributed by atoms with Gasteiger partial charge in [-0.05, 0) is 44.7 Å². The number of nitrogen functional groups attached to an aromatic ring is 1. The molecule has 1 saturated carbocycles. The molecule has 0 bridgehead atoms. The van der Waals surface area contributed by atoms with Crippen LogP contribution in [0.5, 0.6) is 5.75 Å². The molecule has 1 fully saturated rings. The maximum atomic E-state index is 14.9. The van der Waals surface area contributed by atoms with Gasteiger partial charge in [0.1, 0.15) is 29.7 Å². The number of ether oxygens (including phenoxy) is 3. The Morgan fingerprint density at radius 3 is 2.79 bits per heavy atom. The molecule has 1 aromatic carbocycles. The molecule has 2 aliphatic rings. The van der Waals surface area contributed by atoms with Crippen molar-refractivity contribution in [2.75, 3.05) is 12.1 Å². The van der Waals surface area contributed by atoms with Crippen LogP contribution in [0.4, 0.5) is 10.2 Å². The molecule has 0 amide bonds. The summed E-state index contributed by atoms with van der Waals surface area (Å²) in [6, 6.07) is 7.51. The number of carbonyl (C=O) groups excluding carboxylic acids is 1. The molecule has 3 N–H and O–H groups in total. The average molecular weight is 546 g/mol. The van der Waals surface area contributed by atoms with Crippen molar-refractivity contribution in [1.29, 1.82) is 0 Å². The lowest BCUT2D eigenvalue weighted by Crippen LogP contribution is -2.37. The summed E-state index contributed by atoms with van der Waals surface area (Å²) in [5.41, 5.74) is 6.39. The van der Waals surface area contributed by atoms with Crippen molar-refractivity contribution >= 4 is 30.5 Å². The molecule has 1 unspecified atom stereocenters. The van der Waals surface area contributed by atoms with Crippen molar-refractivity contribution in [3.05, 3.63) is 54.9 Å². The Morgan fingerprint density at radius 2 is 2.03 bits per heavy atom. The van der Waals surface area contributed by atoms with Crippen LogP contribution < -0.4 is 15.3 Å². The number of anilines is 1. The van der Waals surface area contributed by atoms with Gasteiger partial charge in [0.05, 0.1) is 6.33 Å². The van der Waals surface area contributed by atoms with E-state index in [1.807, 2.05) is 0 Å². The van der Waals surface area contributed by atoms with E-state index in [0.29, 0.717) is 11.3 Å². The van der Waals surface area contributed by atoms with Gasteiger partial charge in [-0.15, -0.1) is 0 Å². The van der Waals surface area contributed by atoms with Crippen LogP contribution in [0.1, 0.15) is 38.8 Å². The molecular weight excluding hydrogens is 518 g/mol. The largest absolute Gasteiger partial charge is 0.461 e. The third-order valence-corrected chi connectivity index (χ3v) is 7.94. The third kappa shape index (κ3) is 5.86. The van der Waals surface area contributed by atoms with E-state index in [1.165, 1.54) is 24.1 Å². The van der Waals surface area contributed by atoms with Gasteiger partial charge in [0.2, 0.25) is 0 Å².